The molecular formula is C99H78N4Si2. The zero-order chi connectivity index (χ0) is 70.9. The molecule has 105 heavy (non-hydrogen) atoms. The van der Waals surface area contributed by atoms with E-state index in [-0.39, 0.29) is 0 Å². The van der Waals surface area contributed by atoms with E-state index in [1.54, 1.807) is 0 Å². The fourth-order valence-electron chi connectivity index (χ4n) is 15.9. The van der Waals surface area contributed by atoms with Crippen LogP contribution in [0, 0.1) is 0 Å². The smallest absolute Gasteiger partial charge is 0.145 e. The highest BCUT2D eigenvalue weighted by Crippen LogP contribution is 2.50. The van der Waals surface area contributed by atoms with Crippen molar-refractivity contribution in [2.24, 2.45) is 0 Å². The van der Waals surface area contributed by atoms with Crippen molar-refractivity contribution in [3.05, 3.63) is 364 Å². The van der Waals surface area contributed by atoms with E-state index < -0.39 is 16.1 Å². The third kappa shape index (κ3) is 11.9. The molecule has 0 aliphatic carbocycles. The molecule has 0 fully saturated rings. The van der Waals surface area contributed by atoms with Gasteiger partial charge in [0.25, 0.3) is 0 Å². The van der Waals surface area contributed by atoms with Crippen molar-refractivity contribution in [3.8, 4) is 50.5 Å². The number of aromatic nitrogens is 2. The Morgan fingerprint density at radius 3 is 1.13 bits per heavy atom. The van der Waals surface area contributed by atoms with Crippen LogP contribution >= 0.6 is 0 Å². The minimum Gasteiger partial charge on any atom is -0.310 e. The highest BCUT2D eigenvalue weighted by Gasteiger charge is 2.26. The highest BCUT2D eigenvalue weighted by atomic mass is 28.3. The number of fused-ring (bicyclic) bond motifs is 5. The Balaban J connectivity index is 0.000000150. The summed E-state index contributed by atoms with van der Waals surface area (Å²) in [5, 5.41) is 20.5. The zero-order valence-electron chi connectivity index (χ0n) is 59.9. The quantitative estimate of drug-likeness (QED) is 0.0653. The molecule has 0 radical (unpaired) electrons. The lowest BCUT2D eigenvalue weighted by Gasteiger charge is -2.30. The number of imidazole rings is 1. The fraction of sp³-hybridized carbons (Fsp3) is 0.0606. The summed E-state index contributed by atoms with van der Waals surface area (Å²) < 4.78 is 2.26. The minimum atomic E-state index is -1.43. The Morgan fingerprint density at radius 2 is 0.629 bits per heavy atom. The van der Waals surface area contributed by atoms with Gasteiger partial charge in [-0.3, -0.25) is 4.57 Å². The summed E-state index contributed by atoms with van der Waals surface area (Å²) >= 11 is 0. The zero-order valence-corrected chi connectivity index (χ0v) is 61.9. The molecule has 19 aromatic rings. The molecule has 6 heteroatoms. The molecule has 1 aromatic heterocycles. The topological polar surface area (TPSA) is 24.3 Å². The molecule has 0 N–H and O–H groups in total. The van der Waals surface area contributed by atoms with Gasteiger partial charge in [0.1, 0.15) is 5.82 Å². The van der Waals surface area contributed by atoms with Gasteiger partial charge in [-0.05, 0) is 201 Å². The first kappa shape index (κ1) is 64.6. The number of para-hydroxylation sites is 5. The number of anilines is 6. The van der Waals surface area contributed by atoms with Gasteiger partial charge in [-0.25, -0.2) is 4.98 Å². The maximum Gasteiger partial charge on any atom is 0.145 e. The van der Waals surface area contributed by atoms with Crippen molar-refractivity contribution >= 4 is 147 Å². The maximum absolute atomic E-state index is 5.12. The van der Waals surface area contributed by atoms with E-state index in [0.717, 1.165) is 45.0 Å². The first-order valence-electron chi connectivity index (χ1n) is 36.6. The summed E-state index contributed by atoms with van der Waals surface area (Å²) in [6, 6.07) is 134. The van der Waals surface area contributed by atoms with Crippen LogP contribution in [0.2, 0.25) is 39.3 Å². The third-order valence-corrected chi connectivity index (χ3v) is 25.4. The number of nitrogens with zero attached hydrogens (tertiary/aromatic N) is 4. The number of benzene rings is 18. The standard InChI is InChI=1S/C53H34N2.C46H44N2Si2/c1-2-16-44(17-3-1)55-50-21-11-10-20-49(50)54-53(55)38-26-22-37(23-27-38)41-30-31-47-48(34-41)52(43-29-25-36-13-5-7-15-40(36)33-43)46-19-9-8-18-45(46)51(47)42-28-24-35-12-4-6-14-39(35)32-42;1-49(2,3)39-25-21-37(22-26-39)47(35-13-9-7-10-14-35)43-31-19-33-18-30-42-44(32-20-34-17-29-41(43)45(33)46(34)42)48(36-15-11-8-12-16-36)38-23-27-40(28-24-38)50(4,5)6/h1-34H;7-32H,1-6H3. The van der Waals surface area contributed by atoms with Gasteiger partial charge < -0.3 is 9.80 Å². The molecule has 0 bridgehead atoms. The van der Waals surface area contributed by atoms with E-state index in [4.69, 9.17) is 4.98 Å². The Hall–Kier alpha value is -12.5. The van der Waals surface area contributed by atoms with E-state index in [2.05, 4.69) is 418 Å². The normalized spacial score (nSPS) is 11.9. The molecule has 0 aliphatic rings. The first-order valence-corrected chi connectivity index (χ1v) is 43.6. The first-order chi connectivity index (χ1) is 51.3. The summed E-state index contributed by atoms with van der Waals surface area (Å²) in [6.07, 6.45) is 0. The number of hydrogen-bond acceptors (Lipinski definition) is 3. The monoisotopic (exact) mass is 1380 g/mol. The highest BCUT2D eigenvalue weighted by molar-refractivity contribution is 6.89. The molecule has 19 rings (SSSR count). The molecule has 0 aliphatic heterocycles. The lowest BCUT2D eigenvalue weighted by atomic mass is 9.84. The van der Waals surface area contributed by atoms with Crippen molar-refractivity contribution in [1.82, 2.24) is 9.55 Å². The van der Waals surface area contributed by atoms with Crippen LogP contribution in [0.25, 0.3) is 137 Å². The molecule has 502 valence electrons. The van der Waals surface area contributed by atoms with Gasteiger partial charge in [0.15, 0.2) is 0 Å². The predicted octanol–water partition coefficient (Wildman–Crippen LogP) is 26.9. The van der Waals surface area contributed by atoms with Crippen molar-refractivity contribution in [2.45, 2.75) is 39.3 Å². The Bertz CT molecular complexity index is 6280. The van der Waals surface area contributed by atoms with Crippen molar-refractivity contribution in [2.75, 3.05) is 9.80 Å². The maximum atomic E-state index is 5.12. The average molecular weight is 1380 g/mol. The summed E-state index contributed by atoms with van der Waals surface area (Å²) in [6.45, 7) is 14.5. The molecule has 0 saturated carbocycles. The summed E-state index contributed by atoms with van der Waals surface area (Å²) in [7, 11) is -2.87. The van der Waals surface area contributed by atoms with Crippen LogP contribution < -0.4 is 20.2 Å². The lowest BCUT2D eigenvalue weighted by Crippen LogP contribution is -2.37. The SMILES string of the molecule is C[Si](C)(C)c1ccc(N(c2ccccc2)c2ccc3ccc4c(N(c5ccccc5)c5ccc([Si](C)(C)C)cc5)ccc5ccc2c3c54)cc1.c1ccc(-n2c(-c3ccc(-c4ccc5c(-c6ccc7ccccc7c6)c6ccccc6c(-c6ccc7ccccc7c6)c5c4)cc3)nc3ccccc32)cc1. The Labute approximate surface area is 616 Å². The van der Waals surface area contributed by atoms with Gasteiger partial charge in [0, 0.05) is 44.8 Å². The van der Waals surface area contributed by atoms with Crippen LogP contribution in [0.15, 0.2) is 364 Å². The summed E-state index contributed by atoms with van der Waals surface area (Å²) in [5.74, 6) is 0.933. The van der Waals surface area contributed by atoms with E-state index in [1.807, 2.05) is 0 Å². The Morgan fingerprint density at radius 1 is 0.257 bits per heavy atom. The van der Waals surface area contributed by atoms with E-state index in [9.17, 15) is 0 Å². The van der Waals surface area contributed by atoms with Crippen molar-refractivity contribution < 1.29 is 0 Å². The fourth-order valence-corrected chi connectivity index (χ4v) is 18.3. The second kappa shape index (κ2) is 26.4. The molecule has 0 spiro atoms. The van der Waals surface area contributed by atoms with Crippen LogP contribution in [0.3, 0.4) is 0 Å². The van der Waals surface area contributed by atoms with Crippen LogP contribution in [0.5, 0.6) is 0 Å². The number of rotatable bonds is 13. The second-order valence-corrected chi connectivity index (χ2v) is 40.0. The van der Waals surface area contributed by atoms with Crippen LogP contribution in [-0.4, -0.2) is 25.7 Å². The number of hydrogen-bond donors (Lipinski definition) is 0. The molecule has 0 unspecified atom stereocenters. The molecule has 4 nitrogen and oxygen atoms in total. The van der Waals surface area contributed by atoms with Gasteiger partial charge in [-0.2, -0.15) is 0 Å². The Kier molecular flexibility index (Phi) is 16.3. The molecule has 18 aromatic carbocycles. The van der Waals surface area contributed by atoms with Crippen LogP contribution in [0.4, 0.5) is 34.1 Å². The van der Waals surface area contributed by atoms with Gasteiger partial charge in [0.05, 0.1) is 38.6 Å². The van der Waals surface area contributed by atoms with E-state index in [0.29, 0.717) is 0 Å². The molecule has 0 atom stereocenters. The predicted molar refractivity (Wildman–Crippen MR) is 458 cm³/mol. The third-order valence-electron chi connectivity index (χ3n) is 21.3. The lowest BCUT2D eigenvalue weighted by molar-refractivity contribution is 1.10. The summed E-state index contributed by atoms with van der Waals surface area (Å²) in [5.41, 5.74) is 18.6. The molecule has 0 amide bonds. The second-order valence-electron chi connectivity index (χ2n) is 29.9. The largest absolute Gasteiger partial charge is 0.310 e. The van der Waals surface area contributed by atoms with Crippen LogP contribution in [-0.2, 0) is 0 Å². The molecule has 0 saturated heterocycles. The van der Waals surface area contributed by atoms with Gasteiger partial charge in [0.2, 0.25) is 0 Å². The van der Waals surface area contributed by atoms with E-state index >= 15 is 0 Å². The van der Waals surface area contributed by atoms with Gasteiger partial charge in [-0.1, -0.05) is 311 Å². The summed E-state index contributed by atoms with van der Waals surface area (Å²) in [4.78, 5) is 9.97. The average Bonchev–Trinajstić information content (AvgIpc) is 1.01. The van der Waals surface area contributed by atoms with Crippen molar-refractivity contribution in [3.63, 3.8) is 0 Å². The van der Waals surface area contributed by atoms with Crippen LogP contribution in [0.1, 0.15) is 0 Å². The molecule has 1 heterocycles. The minimum absolute atomic E-state index is 0.933. The molecular weight excluding hydrogens is 1300 g/mol. The van der Waals surface area contributed by atoms with Gasteiger partial charge >= 0.3 is 0 Å². The van der Waals surface area contributed by atoms with E-state index in [1.165, 1.54) is 136 Å². The van der Waals surface area contributed by atoms with Crippen molar-refractivity contribution in [1.29, 1.82) is 0 Å². The van der Waals surface area contributed by atoms with Gasteiger partial charge in [-0.15, -0.1) is 0 Å².